The summed E-state index contributed by atoms with van der Waals surface area (Å²) in [6.07, 6.45) is 1.67. The molecule has 6 heteroatoms. The molecule has 5 nitrogen and oxygen atoms in total. The molecule has 1 atom stereocenters. The Bertz CT molecular complexity index is 811. The van der Waals surface area contributed by atoms with Crippen molar-refractivity contribution in [1.29, 1.82) is 0 Å². The molecule has 2 aromatic heterocycles. The molecule has 0 aliphatic carbocycles. The maximum Gasteiger partial charge on any atom is 0.226 e. The summed E-state index contributed by atoms with van der Waals surface area (Å²) in [5.74, 6) is 1.86. The molecular formula is C20H24N4OS. The van der Waals surface area contributed by atoms with Crippen LogP contribution in [0.2, 0.25) is 0 Å². The summed E-state index contributed by atoms with van der Waals surface area (Å²) < 4.78 is 5.57. The molecule has 0 aliphatic heterocycles. The molecule has 136 valence electrons. The van der Waals surface area contributed by atoms with Crippen LogP contribution in [0.5, 0.6) is 0 Å². The van der Waals surface area contributed by atoms with Crippen molar-refractivity contribution in [3.8, 4) is 11.5 Å². The average molecular weight is 369 g/mol. The standard InChI is InChI=1S/C20H24N4OS/c1-3-21-20(22-12-15(2)18-10-7-11-26-18)23-13-17-14-25-19(24-17)16-8-5-4-6-9-16/h4-11,14-15H,3,12-13H2,1-2H3,(H2,21,22,23). The summed E-state index contributed by atoms with van der Waals surface area (Å²) in [4.78, 5) is 10.5. The van der Waals surface area contributed by atoms with E-state index in [0.717, 1.165) is 30.3 Å². The van der Waals surface area contributed by atoms with Crippen LogP contribution in [0.25, 0.3) is 11.5 Å². The van der Waals surface area contributed by atoms with Gasteiger partial charge in [0.05, 0.1) is 6.54 Å². The fourth-order valence-corrected chi connectivity index (χ4v) is 3.30. The Morgan fingerprint density at radius 2 is 2.04 bits per heavy atom. The number of nitrogens with one attached hydrogen (secondary N) is 2. The lowest BCUT2D eigenvalue weighted by molar-refractivity contribution is 0.572. The molecule has 0 spiro atoms. The second-order valence-electron chi connectivity index (χ2n) is 6.00. The highest BCUT2D eigenvalue weighted by atomic mass is 32.1. The molecule has 0 aliphatic rings. The first-order chi connectivity index (χ1) is 12.8. The van der Waals surface area contributed by atoms with Crippen LogP contribution in [0.3, 0.4) is 0 Å². The van der Waals surface area contributed by atoms with Gasteiger partial charge in [-0.1, -0.05) is 31.2 Å². The van der Waals surface area contributed by atoms with Gasteiger partial charge in [0, 0.05) is 29.4 Å². The van der Waals surface area contributed by atoms with Crippen LogP contribution in [0.4, 0.5) is 0 Å². The molecule has 0 amide bonds. The van der Waals surface area contributed by atoms with E-state index in [2.05, 4.69) is 52.0 Å². The van der Waals surface area contributed by atoms with E-state index in [4.69, 9.17) is 4.42 Å². The van der Waals surface area contributed by atoms with Crippen molar-refractivity contribution in [1.82, 2.24) is 15.6 Å². The second kappa shape index (κ2) is 9.20. The van der Waals surface area contributed by atoms with Gasteiger partial charge in [0.25, 0.3) is 0 Å². The van der Waals surface area contributed by atoms with Gasteiger partial charge in [-0.15, -0.1) is 11.3 Å². The Morgan fingerprint density at radius 3 is 2.77 bits per heavy atom. The number of guanidine groups is 1. The van der Waals surface area contributed by atoms with E-state index >= 15 is 0 Å². The normalized spacial score (nSPS) is 12.8. The summed E-state index contributed by atoms with van der Waals surface area (Å²) >= 11 is 1.78. The Hall–Kier alpha value is -2.60. The molecule has 26 heavy (non-hydrogen) atoms. The number of rotatable bonds is 7. The minimum atomic E-state index is 0.440. The van der Waals surface area contributed by atoms with Gasteiger partial charge in [0.2, 0.25) is 5.89 Å². The van der Waals surface area contributed by atoms with E-state index in [1.807, 2.05) is 30.3 Å². The molecule has 0 radical (unpaired) electrons. The Balaban J connectivity index is 1.59. The number of aromatic nitrogens is 1. The van der Waals surface area contributed by atoms with Crippen LogP contribution < -0.4 is 10.6 Å². The summed E-state index contributed by atoms with van der Waals surface area (Å²) in [6, 6.07) is 14.1. The van der Waals surface area contributed by atoms with Gasteiger partial charge in [-0.25, -0.2) is 9.98 Å². The number of hydrogen-bond donors (Lipinski definition) is 2. The molecule has 0 fully saturated rings. The first kappa shape index (κ1) is 18.2. The fourth-order valence-electron chi connectivity index (χ4n) is 2.52. The van der Waals surface area contributed by atoms with Crippen LogP contribution in [0.1, 0.15) is 30.3 Å². The third-order valence-corrected chi connectivity index (χ3v) is 5.02. The second-order valence-corrected chi connectivity index (χ2v) is 6.98. The van der Waals surface area contributed by atoms with Crippen LogP contribution in [0, 0.1) is 0 Å². The maximum absolute atomic E-state index is 5.57. The molecule has 3 aromatic rings. The fraction of sp³-hybridized carbons (Fsp3) is 0.300. The van der Waals surface area contributed by atoms with Crippen molar-refractivity contribution in [3.05, 3.63) is 64.7 Å². The highest BCUT2D eigenvalue weighted by molar-refractivity contribution is 7.10. The van der Waals surface area contributed by atoms with Gasteiger partial charge in [0.1, 0.15) is 12.0 Å². The third-order valence-electron chi connectivity index (χ3n) is 3.92. The van der Waals surface area contributed by atoms with Gasteiger partial charge in [-0.05, 0) is 30.5 Å². The zero-order valence-corrected chi connectivity index (χ0v) is 15.9. The zero-order chi connectivity index (χ0) is 18.2. The number of nitrogens with zero attached hydrogens (tertiary/aromatic N) is 2. The summed E-state index contributed by atoms with van der Waals surface area (Å²) in [7, 11) is 0. The number of benzene rings is 1. The maximum atomic E-state index is 5.57. The average Bonchev–Trinajstić information content (AvgIpc) is 3.36. The number of hydrogen-bond acceptors (Lipinski definition) is 4. The Kier molecular flexibility index (Phi) is 6.44. The minimum Gasteiger partial charge on any atom is -0.444 e. The van der Waals surface area contributed by atoms with Crippen molar-refractivity contribution in [2.75, 3.05) is 13.1 Å². The molecule has 0 saturated carbocycles. The molecule has 1 unspecified atom stereocenters. The lowest BCUT2D eigenvalue weighted by atomic mass is 10.1. The molecule has 0 bridgehead atoms. The van der Waals surface area contributed by atoms with Crippen molar-refractivity contribution in [2.45, 2.75) is 26.3 Å². The van der Waals surface area contributed by atoms with Crippen LogP contribution in [0.15, 0.2) is 63.5 Å². The molecule has 2 N–H and O–H groups in total. The Morgan fingerprint density at radius 1 is 1.19 bits per heavy atom. The monoisotopic (exact) mass is 368 g/mol. The zero-order valence-electron chi connectivity index (χ0n) is 15.1. The minimum absolute atomic E-state index is 0.440. The van der Waals surface area contributed by atoms with Gasteiger partial charge >= 0.3 is 0 Å². The van der Waals surface area contributed by atoms with E-state index in [0.29, 0.717) is 18.4 Å². The number of thiophene rings is 1. The lowest BCUT2D eigenvalue weighted by Gasteiger charge is -2.14. The van der Waals surface area contributed by atoms with Crippen molar-refractivity contribution < 1.29 is 4.42 Å². The van der Waals surface area contributed by atoms with E-state index < -0.39 is 0 Å². The van der Waals surface area contributed by atoms with Gasteiger partial charge < -0.3 is 15.1 Å². The van der Waals surface area contributed by atoms with Crippen LogP contribution >= 0.6 is 11.3 Å². The molecule has 3 rings (SSSR count). The van der Waals surface area contributed by atoms with E-state index in [1.54, 1.807) is 17.6 Å². The van der Waals surface area contributed by atoms with Crippen molar-refractivity contribution in [2.24, 2.45) is 4.99 Å². The quantitative estimate of drug-likeness (QED) is 0.483. The first-order valence-electron chi connectivity index (χ1n) is 8.81. The SMILES string of the molecule is CCNC(=NCc1coc(-c2ccccc2)n1)NCC(C)c1cccs1. The molecule has 0 saturated heterocycles. The molecular weight excluding hydrogens is 344 g/mol. The predicted octanol–water partition coefficient (Wildman–Crippen LogP) is 4.26. The van der Waals surface area contributed by atoms with E-state index in [-0.39, 0.29) is 0 Å². The van der Waals surface area contributed by atoms with Gasteiger partial charge in [-0.3, -0.25) is 0 Å². The smallest absolute Gasteiger partial charge is 0.226 e. The van der Waals surface area contributed by atoms with Gasteiger partial charge in [0.15, 0.2) is 5.96 Å². The van der Waals surface area contributed by atoms with Crippen molar-refractivity contribution >= 4 is 17.3 Å². The molecule has 1 aromatic carbocycles. The number of aliphatic imine (C=N–C) groups is 1. The topological polar surface area (TPSA) is 62.5 Å². The third kappa shape index (κ3) is 4.95. The summed E-state index contributed by atoms with van der Waals surface area (Å²) in [5, 5.41) is 8.79. The van der Waals surface area contributed by atoms with Crippen molar-refractivity contribution in [3.63, 3.8) is 0 Å². The van der Waals surface area contributed by atoms with E-state index in [9.17, 15) is 0 Å². The molecule has 2 heterocycles. The summed E-state index contributed by atoms with van der Waals surface area (Å²) in [6.45, 7) is 6.39. The summed E-state index contributed by atoms with van der Waals surface area (Å²) in [5.41, 5.74) is 1.78. The van der Waals surface area contributed by atoms with Crippen LogP contribution in [-0.2, 0) is 6.54 Å². The van der Waals surface area contributed by atoms with E-state index in [1.165, 1.54) is 4.88 Å². The highest BCUT2D eigenvalue weighted by Gasteiger charge is 2.09. The predicted molar refractivity (Wildman–Crippen MR) is 107 cm³/mol. The Labute approximate surface area is 158 Å². The first-order valence-corrected chi connectivity index (χ1v) is 9.69. The van der Waals surface area contributed by atoms with Gasteiger partial charge in [-0.2, -0.15) is 0 Å². The number of oxazole rings is 1. The largest absolute Gasteiger partial charge is 0.444 e. The van der Waals surface area contributed by atoms with Crippen LogP contribution in [-0.4, -0.2) is 24.0 Å². The lowest BCUT2D eigenvalue weighted by Crippen LogP contribution is -2.39. The highest BCUT2D eigenvalue weighted by Crippen LogP contribution is 2.20.